The number of rotatable bonds is 8. The molecule has 0 bridgehead atoms. The van der Waals surface area contributed by atoms with E-state index in [9.17, 15) is 9.59 Å². The van der Waals surface area contributed by atoms with Gasteiger partial charge in [-0.15, -0.1) is 0 Å². The van der Waals surface area contributed by atoms with Gasteiger partial charge in [-0.3, -0.25) is 9.48 Å². The third kappa shape index (κ3) is 5.47. The highest BCUT2D eigenvalue weighted by molar-refractivity contribution is 5.91. The van der Waals surface area contributed by atoms with Crippen LogP contribution >= 0.6 is 0 Å². The highest BCUT2D eigenvalue weighted by Crippen LogP contribution is 2.30. The van der Waals surface area contributed by atoms with Gasteiger partial charge in [-0.2, -0.15) is 5.10 Å². The highest BCUT2D eigenvalue weighted by Gasteiger charge is 2.42. The number of aromatic nitrogens is 2. The first-order valence-corrected chi connectivity index (χ1v) is 11.9. The molecule has 0 spiro atoms. The Hall–Kier alpha value is -3.61. The second kappa shape index (κ2) is 10.5. The van der Waals surface area contributed by atoms with E-state index in [0.717, 1.165) is 35.4 Å². The Morgan fingerprint density at radius 1 is 0.882 bits per heavy atom. The number of carbonyl (C=O) groups is 2. The molecule has 4 rings (SSSR count). The van der Waals surface area contributed by atoms with Crippen LogP contribution in [-0.2, 0) is 24.4 Å². The van der Waals surface area contributed by atoms with Gasteiger partial charge in [0.1, 0.15) is 5.54 Å². The maximum Gasteiger partial charge on any atom is 0.315 e. The zero-order chi connectivity index (χ0) is 24.0. The maximum atomic E-state index is 13.3. The quantitative estimate of drug-likeness (QED) is 0.476. The van der Waals surface area contributed by atoms with Crippen LogP contribution in [0.1, 0.15) is 53.8 Å². The van der Waals surface area contributed by atoms with Gasteiger partial charge in [0.05, 0.1) is 12.2 Å². The summed E-state index contributed by atoms with van der Waals surface area (Å²) in [6.45, 7) is 5.50. The molecule has 2 aromatic carbocycles. The Labute approximate surface area is 200 Å². The van der Waals surface area contributed by atoms with E-state index < -0.39 is 5.54 Å². The normalized spacial score (nSPS) is 14.5. The molecule has 0 saturated heterocycles. The van der Waals surface area contributed by atoms with Gasteiger partial charge in [0.25, 0.3) is 0 Å². The molecule has 0 aliphatic heterocycles. The average molecular weight is 460 g/mol. The van der Waals surface area contributed by atoms with E-state index in [1.807, 2.05) is 67.1 Å². The molecule has 7 heteroatoms. The number of amides is 3. The molecule has 0 unspecified atom stereocenters. The van der Waals surface area contributed by atoms with Gasteiger partial charge in [0.15, 0.2) is 0 Å². The van der Waals surface area contributed by atoms with Crippen LogP contribution in [-0.4, -0.2) is 27.3 Å². The minimum atomic E-state index is -0.872. The summed E-state index contributed by atoms with van der Waals surface area (Å²) in [6.07, 6.45) is 3.12. The van der Waals surface area contributed by atoms with Crippen molar-refractivity contribution in [2.45, 2.75) is 64.7 Å². The summed E-state index contributed by atoms with van der Waals surface area (Å²) in [5.41, 5.74) is 4.28. The summed E-state index contributed by atoms with van der Waals surface area (Å²) in [5.74, 6) is -0.130. The largest absolute Gasteiger partial charge is 0.350 e. The van der Waals surface area contributed by atoms with E-state index in [-0.39, 0.29) is 11.9 Å². The molecule has 1 saturated carbocycles. The molecular weight excluding hydrogens is 426 g/mol. The highest BCUT2D eigenvalue weighted by atomic mass is 16.2. The van der Waals surface area contributed by atoms with E-state index in [0.29, 0.717) is 32.5 Å². The Kier molecular flexibility index (Phi) is 7.30. The average Bonchev–Trinajstić information content (AvgIpc) is 3.42. The summed E-state index contributed by atoms with van der Waals surface area (Å²) in [4.78, 5) is 25.9. The van der Waals surface area contributed by atoms with Gasteiger partial charge < -0.3 is 16.0 Å². The summed E-state index contributed by atoms with van der Waals surface area (Å²) in [7, 11) is 0. The molecular formula is C27H33N5O2. The first-order chi connectivity index (χ1) is 16.5. The Morgan fingerprint density at radius 3 is 2.15 bits per heavy atom. The van der Waals surface area contributed by atoms with Crippen LogP contribution in [0, 0.1) is 13.8 Å². The van der Waals surface area contributed by atoms with Crippen LogP contribution in [0.4, 0.5) is 4.79 Å². The Morgan fingerprint density at radius 2 is 1.50 bits per heavy atom. The number of nitrogens with zero attached hydrogens (tertiary/aromatic N) is 2. The summed E-state index contributed by atoms with van der Waals surface area (Å²) in [6, 6.07) is 19.6. The van der Waals surface area contributed by atoms with Crippen molar-refractivity contribution in [3.8, 4) is 0 Å². The Bertz CT molecular complexity index is 1120. The number of carbonyl (C=O) groups excluding carboxylic acids is 2. The lowest BCUT2D eigenvalue weighted by atomic mass is 9.96. The molecule has 1 aliphatic rings. The lowest BCUT2D eigenvalue weighted by Crippen LogP contribution is -2.59. The van der Waals surface area contributed by atoms with Gasteiger partial charge in [-0.05, 0) is 37.8 Å². The van der Waals surface area contributed by atoms with Gasteiger partial charge in [-0.1, -0.05) is 73.5 Å². The third-order valence-corrected chi connectivity index (χ3v) is 6.67. The molecule has 1 heterocycles. The first kappa shape index (κ1) is 23.5. The predicted octanol–water partition coefficient (Wildman–Crippen LogP) is 3.98. The molecule has 1 aliphatic carbocycles. The van der Waals surface area contributed by atoms with E-state index in [1.165, 1.54) is 5.56 Å². The smallest absolute Gasteiger partial charge is 0.315 e. The van der Waals surface area contributed by atoms with Crippen LogP contribution in [0.3, 0.4) is 0 Å². The number of hydrogen-bond donors (Lipinski definition) is 3. The number of benzene rings is 2. The number of urea groups is 1. The van der Waals surface area contributed by atoms with E-state index in [1.54, 1.807) is 0 Å². The SMILES string of the molecule is Cc1nn(Cc2ccccc2)c(C)c1CNC(=O)C1(NC(=O)NCc2ccccc2)CCCC1. The van der Waals surface area contributed by atoms with Crippen molar-refractivity contribution in [3.05, 3.63) is 88.7 Å². The van der Waals surface area contributed by atoms with E-state index in [4.69, 9.17) is 0 Å². The fourth-order valence-electron chi connectivity index (χ4n) is 4.67. The van der Waals surface area contributed by atoms with Crippen molar-refractivity contribution in [2.75, 3.05) is 0 Å². The van der Waals surface area contributed by atoms with E-state index >= 15 is 0 Å². The molecule has 7 nitrogen and oxygen atoms in total. The van der Waals surface area contributed by atoms with E-state index in [2.05, 4.69) is 33.2 Å². The molecule has 0 radical (unpaired) electrons. The molecule has 1 aromatic heterocycles. The van der Waals surface area contributed by atoms with Crippen molar-refractivity contribution in [2.24, 2.45) is 0 Å². The summed E-state index contributed by atoms with van der Waals surface area (Å²) in [5, 5.41) is 13.6. The summed E-state index contributed by atoms with van der Waals surface area (Å²) < 4.78 is 1.98. The van der Waals surface area contributed by atoms with Crippen LogP contribution < -0.4 is 16.0 Å². The van der Waals surface area contributed by atoms with Crippen molar-refractivity contribution < 1.29 is 9.59 Å². The minimum absolute atomic E-state index is 0.130. The number of hydrogen-bond acceptors (Lipinski definition) is 3. The van der Waals surface area contributed by atoms with Crippen molar-refractivity contribution in [1.82, 2.24) is 25.7 Å². The van der Waals surface area contributed by atoms with Crippen LogP contribution in [0.25, 0.3) is 0 Å². The van der Waals surface area contributed by atoms with Crippen LogP contribution in [0.5, 0.6) is 0 Å². The Balaban J connectivity index is 1.38. The maximum absolute atomic E-state index is 13.3. The van der Waals surface area contributed by atoms with Crippen molar-refractivity contribution in [3.63, 3.8) is 0 Å². The number of aryl methyl sites for hydroxylation is 1. The second-order valence-electron chi connectivity index (χ2n) is 9.06. The molecule has 0 atom stereocenters. The van der Waals surface area contributed by atoms with Crippen molar-refractivity contribution >= 4 is 11.9 Å². The lowest BCUT2D eigenvalue weighted by molar-refractivity contribution is -0.127. The first-order valence-electron chi connectivity index (χ1n) is 11.9. The van der Waals surface area contributed by atoms with Gasteiger partial charge in [0, 0.05) is 24.3 Å². The molecule has 34 heavy (non-hydrogen) atoms. The van der Waals surface area contributed by atoms with Crippen LogP contribution in [0.15, 0.2) is 60.7 Å². The number of nitrogens with one attached hydrogen (secondary N) is 3. The van der Waals surface area contributed by atoms with Gasteiger partial charge >= 0.3 is 6.03 Å². The zero-order valence-electron chi connectivity index (χ0n) is 19.9. The fraction of sp³-hybridized carbons (Fsp3) is 0.370. The van der Waals surface area contributed by atoms with Crippen LogP contribution in [0.2, 0.25) is 0 Å². The van der Waals surface area contributed by atoms with Gasteiger partial charge in [0.2, 0.25) is 5.91 Å². The third-order valence-electron chi connectivity index (χ3n) is 6.67. The molecule has 3 aromatic rings. The predicted molar refractivity (Wildman–Crippen MR) is 132 cm³/mol. The monoisotopic (exact) mass is 459 g/mol. The topological polar surface area (TPSA) is 88.1 Å². The van der Waals surface area contributed by atoms with Gasteiger partial charge in [-0.25, -0.2) is 4.79 Å². The standard InChI is InChI=1S/C27H33N5O2/c1-20-24(21(2)32(31-20)19-23-13-7-4-8-14-23)18-28-25(33)27(15-9-10-16-27)30-26(34)29-17-22-11-5-3-6-12-22/h3-8,11-14H,9-10,15-19H2,1-2H3,(H,28,33)(H2,29,30,34). The molecule has 3 N–H and O–H groups in total. The zero-order valence-corrected chi connectivity index (χ0v) is 19.9. The molecule has 178 valence electrons. The summed E-state index contributed by atoms with van der Waals surface area (Å²) >= 11 is 0. The molecule has 3 amide bonds. The lowest BCUT2D eigenvalue weighted by Gasteiger charge is -2.29. The van der Waals surface area contributed by atoms with Crippen molar-refractivity contribution in [1.29, 1.82) is 0 Å². The molecule has 1 fully saturated rings. The second-order valence-corrected chi connectivity index (χ2v) is 9.06. The minimum Gasteiger partial charge on any atom is -0.350 e. The fourth-order valence-corrected chi connectivity index (χ4v) is 4.67.